The van der Waals surface area contributed by atoms with Crippen molar-refractivity contribution in [2.45, 2.75) is 6.92 Å². The van der Waals surface area contributed by atoms with Gasteiger partial charge >= 0.3 is 0 Å². The lowest BCUT2D eigenvalue weighted by Gasteiger charge is -2.19. The largest absolute Gasteiger partial charge is 0.362 e. The molecule has 0 aliphatic heterocycles. The summed E-state index contributed by atoms with van der Waals surface area (Å²) in [5, 5.41) is 0.705. The number of allylic oxidation sites excluding steroid dienone is 3. The molecule has 0 saturated carbocycles. The fourth-order valence-electron chi connectivity index (χ4n) is 2.74. The zero-order chi connectivity index (χ0) is 20.5. The zero-order valence-corrected chi connectivity index (χ0v) is 17.4. The average Bonchev–Trinajstić information content (AvgIpc) is 2.70. The molecule has 0 bridgehead atoms. The summed E-state index contributed by atoms with van der Waals surface area (Å²) in [6.45, 7) is 10.1. The summed E-state index contributed by atoms with van der Waals surface area (Å²) in [7, 11) is 3.95. The summed E-state index contributed by atoms with van der Waals surface area (Å²) in [6.07, 6.45) is 7.80. The molecule has 0 fully saturated rings. The van der Waals surface area contributed by atoms with E-state index in [4.69, 9.17) is 16.6 Å². The first-order valence-electron chi connectivity index (χ1n) is 9.03. The van der Waals surface area contributed by atoms with Gasteiger partial charge in [-0.1, -0.05) is 60.7 Å². The normalized spacial score (nSPS) is 12.3. The van der Waals surface area contributed by atoms with Gasteiger partial charge in [-0.2, -0.15) is 0 Å². The highest BCUT2D eigenvalue weighted by atomic mass is 35.5. The van der Waals surface area contributed by atoms with Crippen LogP contribution in [-0.2, 0) is 0 Å². The van der Waals surface area contributed by atoms with Crippen LogP contribution in [0.25, 0.3) is 11.1 Å². The molecule has 0 spiro atoms. The lowest BCUT2D eigenvalue weighted by atomic mass is 10.0. The molecule has 0 amide bonds. The Morgan fingerprint density at radius 2 is 1.89 bits per heavy atom. The first-order chi connectivity index (χ1) is 13.5. The van der Waals surface area contributed by atoms with Gasteiger partial charge in [0.2, 0.25) is 0 Å². The van der Waals surface area contributed by atoms with Crippen LogP contribution in [0.1, 0.15) is 12.5 Å². The average molecular weight is 392 g/mol. The third-order valence-electron chi connectivity index (χ3n) is 4.17. The van der Waals surface area contributed by atoms with Gasteiger partial charge in [-0.3, -0.25) is 9.98 Å². The maximum Gasteiger partial charge on any atom is 0.132 e. The van der Waals surface area contributed by atoms with Crippen molar-refractivity contribution in [2.24, 2.45) is 9.98 Å². The Hall–Kier alpha value is -2.91. The quantitative estimate of drug-likeness (QED) is 0.307. The van der Waals surface area contributed by atoms with Gasteiger partial charge in [-0.15, -0.1) is 0 Å². The molecule has 0 aromatic heterocycles. The Kier molecular flexibility index (Phi) is 7.97. The molecular formula is C24H26ClN3. The van der Waals surface area contributed by atoms with E-state index in [2.05, 4.69) is 24.4 Å². The van der Waals surface area contributed by atoms with Crippen LogP contribution < -0.4 is 0 Å². The SMILES string of the molecule is C=C/C(=C\C=C/C)CN=C(c1cc(-c2cccc(Cl)c2)ccc1N=C)N(C)C. The summed E-state index contributed by atoms with van der Waals surface area (Å²) in [6, 6.07) is 13.9. The zero-order valence-electron chi connectivity index (χ0n) is 16.7. The number of hydrogen-bond donors (Lipinski definition) is 0. The summed E-state index contributed by atoms with van der Waals surface area (Å²) < 4.78 is 0. The Bertz CT molecular complexity index is 937. The molecule has 2 aromatic carbocycles. The monoisotopic (exact) mass is 391 g/mol. The van der Waals surface area contributed by atoms with Crippen LogP contribution in [0.5, 0.6) is 0 Å². The van der Waals surface area contributed by atoms with Gasteiger partial charge in [-0.25, -0.2) is 0 Å². The molecule has 0 radical (unpaired) electrons. The second-order valence-electron chi connectivity index (χ2n) is 6.41. The van der Waals surface area contributed by atoms with Crippen molar-refractivity contribution in [2.75, 3.05) is 20.6 Å². The van der Waals surface area contributed by atoms with E-state index < -0.39 is 0 Å². The maximum atomic E-state index is 6.17. The van der Waals surface area contributed by atoms with Crippen LogP contribution in [-0.4, -0.2) is 38.1 Å². The number of halogens is 1. The minimum Gasteiger partial charge on any atom is -0.362 e. The van der Waals surface area contributed by atoms with Crippen molar-refractivity contribution in [1.82, 2.24) is 4.90 Å². The van der Waals surface area contributed by atoms with Gasteiger partial charge < -0.3 is 4.90 Å². The molecule has 0 saturated heterocycles. The van der Waals surface area contributed by atoms with Crippen LogP contribution >= 0.6 is 11.6 Å². The van der Waals surface area contributed by atoms with E-state index in [0.717, 1.165) is 33.8 Å². The Balaban J connectivity index is 2.53. The van der Waals surface area contributed by atoms with Crippen molar-refractivity contribution in [3.05, 3.63) is 89.5 Å². The van der Waals surface area contributed by atoms with E-state index in [-0.39, 0.29) is 0 Å². The van der Waals surface area contributed by atoms with E-state index in [0.29, 0.717) is 11.6 Å². The Morgan fingerprint density at radius 3 is 2.50 bits per heavy atom. The minimum atomic E-state index is 0.527. The highest BCUT2D eigenvalue weighted by molar-refractivity contribution is 6.30. The van der Waals surface area contributed by atoms with E-state index in [1.165, 1.54) is 0 Å². The molecule has 144 valence electrons. The number of nitrogens with zero attached hydrogens (tertiary/aromatic N) is 3. The molecule has 0 aliphatic rings. The maximum absolute atomic E-state index is 6.17. The predicted molar refractivity (Wildman–Crippen MR) is 124 cm³/mol. The van der Waals surface area contributed by atoms with Crippen molar-refractivity contribution >= 4 is 29.8 Å². The smallest absolute Gasteiger partial charge is 0.132 e. The predicted octanol–water partition coefficient (Wildman–Crippen LogP) is 6.34. The van der Waals surface area contributed by atoms with Crippen LogP contribution in [0.4, 0.5) is 5.69 Å². The van der Waals surface area contributed by atoms with Gasteiger partial charge in [0.1, 0.15) is 5.84 Å². The topological polar surface area (TPSA) is 28.0 Å². The number of aliphatic imine (C=N–C) groups is 2. The molecule has 28 heavy (non-hydrogen) atoms. The lowest BCUT2D eigenvalue weighted by Crippen LogP contribution is -2.24. The molecule has 0 aliphatic carbocycles. The fourth-order valence-corrected chi connectivity index (χ4v) is 2.93. The fraction of sp³-hybridized carbons (Fsp3) is 0.167. The number of rotatable bonds is 7. The summed E-state index contributed by atoms with van der Waals surface area (Å²) >= 11 is 6.17. The van der Waals surface area contributed by atoms with E-state index in [1.807, 2.05) is 86.6 Å². The molecule has 3 nitrogen and oxygen atoms in total. The summed E-state index contributed by atoms with van der Waals surface area (Å²) in [4.78, 5) is 11.0. The van der Waals surface area contributed by atoms with Crippen LogP contribution in [0, 0.1) is 0 Å². The van der Waals surface area contributed by atoms with Crippen molar-refractivity contribution in [3.63, 3.8) is 0 Å². The van der Waals surface area contributed by atoms with Gasteiger partial charge in [0.05, 0.1) is 12.2 Å². The summed E-state index contributed by atoms with van der Waals surface area (Å²) in [5.41, 5.74) is 4.84. The second-order valence-corrected chi connectivity index (χ2v) is 6.84. The van der Waals surface area contributed by atoms with Gasteiger partial charge in [0, 0.05) is 24.7 Å². The molecule has 0 N–H and O–H groups in total. The highest BCUT2D eigenvalue weighted by Crippen LogP contribution is 2.29. The van der Waals surface area contributed by atoms with E-state index in [1.54, 1.807) is 0 Å². The molecule has 4 heteroatoms. The van der Waals surface area contributed by atoms with Crippen molar-refractivity contribution < 1.29 is 0 Å². The van der Waals surface area contributed by atoms with Gasteiger partial charge in [-0.05, 0) is 54.6 Å². The number of hydrogen-bond acceptors (Lipinski definition) is 2. The molecule has 2 aromatic rings. The minimum absolute atomic E-state index is 0.527. The molecule has 0 unspecified atom stereocenters. The van der Waals surface area contributed by atoms with Gasteiger partial charge in [0.15, 0.2) is 0 Å². The molecule has 0 atom stereocenters. The Morgan fingerprint density at radius 1 is 1.14 bits per heavy atom. The molecule has 0 heterocycles. The van der Waals surface area contributed by atoms with Crippen LogP contribution in [0.2, 0.25) is 5.02 Å². The van der Waals surface area contributed by atoms with E-state index >= 15 is 0 Å². The number of amidine groups is 1. The third-order valence-corrected chi connectivity index (χ3v) is 4.40. The van der Waals surface area contributed by atoms with Crippen molar-refractivity contribution in [1.29, 1.82) is 0 Å². The first kappa shape index (κ1) is 21.4. The first-order valence-corrected chi connectivity index (χ1v) is 9.41. The third kappa shape index (κ3) is 5.54. The van der Waals surface area contributed by atoms with Crippen LogP contribution in [0.15, 0.2) is 88.9 Å². The Labute approximate surface area is 173 Å². The van der Waals surface area contributed by atoms with Gasteiger partial charge in [0.25, 0.3) is 0 Å². The molecular weight excluding hydrogens is 366 g/mol. The number of benzene rings is 2. The highest BCUT2D eigenvalue weighted by Gasteiger charge is 2.13. The standard InChI is InChI=1S/C24H26ClN3/c1-6-8-10-18(7-2)17-27-24(28(4)5)22-16-20(13-14-23(22)26-3)19-11-9-12-21(25)15-19/h6-16H,2-3,17H2,1,4-5H3/b8-6-,18-10+,27-24?. The lowest BCUT2D eigenvalue weighted by molar-refractivity contribution is 0.621. The molecule has 2 rings (SSSR count). The van der Waals surface area contributed by atoms with E-state index in [9.17, 15) is 0 Å². The summed E-state index contributed by atoms with van der Waals surface area (Å²) in [5.74, 6) is 0.833. The second kappa shape index (κ2) is 10.4. The van der Waals surface area contributed by atoms with Crippen LogP contribution in [0.3, 0.4) is 0 Å². The van der Waals surface area contributed by atoms with Crippen molar-refractivity contribution in [3.8, 4) is 11.1 Å².